The third-order valence-corrected chi connectivity index (χ3v) is 5.50. The minimum atomic E-state index is 0.936. The summed E-state index contributed by atoms with van der Waals surface area (Å²) in [6.45, 7) is 11.2. The fourth-order valence-electron chi connectivity index (χ4n) is 3.17. The van der Waals surface area contributed by atoms with E-state index in [9.17, 15) is 0 Å². The molecule has 1 saturated heterocycles. The van der Waals surface area contributed by atoms with Gasteiger partial charge in [0.1, 0.15) is 0 Å². The zero-order valence-electron chi connectivity index (χ0n) is 13.2. The highest BCUT2D eigenvalue weighted by molar-refractivity contribution is 9.10. The van der Waals surface area contributed by atoms with Gasteiger partial charge in [-0.15, -0.1) is 0 Å². The Bertz CT molecular complexity index is 428. The van der Waals surface area contributed by atoms with Gasteiger partial charge in [0.05, 0.1) is 15.9 Å². The lowest BCUT2D eigenvalue weighted by molar-refractivity contribution is 0.263. The summed E-state index contributed by atoms with van der Waals surface area (Å²) in [6.07, 6.45) is 6.44. The molecule has 2 heterocycles. The standard InChI is InChI=1S/C16H28BrN3/c1-4-13-8-7-10-19(11-9-13)12-15-16(17)14(5-2)18-20(15)6-3/h13H,4-12H2,1-3H3. The number of likely N-dealkylation sites (tertiary alicyclic amines) is 1. The Morgan fingerprint density at radius 2 is 2.00 bits per heavy atom. The maximum absolute atomic E-state index is 4.71. The number of aryl methyl sites for hydroxylation is 2. The molecule has 4 heteroatoms. The highest BCUT2D eigenvalue weighted by Gasteiger charge is 2.20. The van der Waals surface area contributed by atoms with Crippen molar-refractivity contribution in [3.63, 3.8) is 0 Å². The van der Waals surface area contributed by atoms with Gasteiger partial charge < -0.3 is 0 Å². The van der Waals surface area contributed by atoms with Crippen LogP contribution in [-0.2, 0) is 19.5 Å². The molecule has 1 aliphatic heterocycles. The third kappa shape index (κ3) is 3.64. The first-order valence-electron chi connectivity index (χ1n) is 8.15. The molecule has 0 aliphatic carbocycles. The van der Waals surface area contributed by atoms with Gasteiger partial charge >= 0.3 is 0 Å². The number of hydrogen-bond donors (Lipinski definition) is 0. The molecule has 1 unspecified atom stereocenters. The molecule has 1 fully saturated rings. The molecular formula is C16H28BrN3. The summed E-state index contributed by atoms with van der Waals surface area (Å²) in [6, 6.07) is 0. The Morgan fingerprint density at radius 1 is 1.20 bits per heavy atom. The van der Waals surface area contributed by atoms with Crippen LogP contribution < -0.4 is 0 Å². The number of rotatable bonds is 5. The van der Waals surface area contributed by atoms with Crippen LogP contribution in [-0.4, -0.2) is 27.8 Å². The molecule has 0 saturated carbocycles. The minimum Gasteiger partial charge on any atom is -0.297 e. The molecule has 0 aromatic carbocycles. The molecule has 1 aromatic heterocycles. The number of hydrogen-bond acceptors (Lipinski definition) is 2. The van der Waals surface area contributed by atoms with Gasteiger partial charge in [-0.05, 0) is 67.5 Å². The lowest BCUT2D eigenvalue weighted by Gasteiger charge is -2.20. The van der Waals surface area contributed by atoms with E-state index in [1.54, 1.807) is 0 Å². The van der Waals surface area contributed by atoms with Crippen LogP contribution in [0.25, 0.3) is 0 Å². The van der Waals surface area contributed by atoms with Crippen molar-refractivity contribution in [1.82, 2.24) is 14.7 Å². The Balaban J connectivity index is 2.07. The predicted octanol–water partition coefficient (Wildman–Crippen LogP) is 4.24. The largest absolute Gasteiger partial charge is 0.297 e. The van der Waals surface area contributed by atoms with E-state index in [-0.39, 0.29) is 0 Å². The first-order chi connectivity index (χ1) is 9.69. The van der Waals surface area contributed by atoms with Gasteiger partial charge in [-0.2, -0.15) is 5.10 Å². The Hall–Kier alpha value is -0.350. The molecule has 3 nitrogen and oxygen atoms in total. The second-order valence-electron chi connectivity index (χ2n) is 5.86. The summed E-state index contributed by atoms with van der Waals surface area (Å²) in [4.78, 5) is 2.61. The van der Waals surface area contributed by atoms with E-state index in [4.69, 9.17) is 5.10 Å². The molecule has 0 spiro atoms. The summed E-state index contributed by atoms with van der Waals surface area (Å²) in [7, 11) is 0. The van der Waals surface area contributed by atoms with Gasteiger partial charge in [0, 0.05) is 13.1 Å². The highest BCUT2D eigenvalue weighted by Crippen LogP contribution is 2.26. The van der Waals surface area contributed by atoms with Crippen molar-refractivity contribution in [2.75, 3.05) is 13.1 Å². The molecule has 2 rings (SSSR count). The zero-order chi connectivity index (χ0) is 14.5. The number of nitrogens with zero attached hydrogens (tertiary/aromatic N) is 3. The van der Waals surface area contributed by atoms with Crippen LogP contribution in [0.2, 0.25) is 0 Å². The molecule has 1 aromatic rings. The maximum Gasteiger partial charge on any atom is 0.0767 e. The van der Waals surface area contributed by atoms with E-state index in [2.05, 4.69) is 46.3 Å². The molecule has 1 atom stereocenters. The van der Waals surface area contributed by atoms with Crippen LogP contribution >= 0.6 is 15.9 Å². The van der Waals surface area contributed by atoms with Crippen molar-refractivity contribution in [3.8, 4) is 0 Å². The van der Waals surface area contributed by atoms with Gasteiger partial charge in [-0.3, -0.25) is 9.58 Å². The van der Waals surface area contributed by atoms with Gasteiger partial charge in [0.25, 0.3) is 0 Å². The van der Waals surface area contributed by atoms with Crippen molar-refractivity contribution in [2.45, 2.75) is 66.0 Å². The first-order valence-corrected chi connectivity index (χ1v) is 8.95. The van der Waals surface area contributed by atoms with Crippen molar-refractivity contribution in [2.24, 2.45) is 5.92 Å². The maximum atomic E-state index is 4.71. The summed E-state index contributed by atoms with van der Waals surface area (Å²) >= 11 is 3.76. The van der Waals surface area contributed by atoms with E-state index in [1.165, 1.54) is 54.6 Å². The monoisotopic (exact) mass is 341 g/mol. The van der Waals surface area contributed by atoms with Crippen molar-refractivity contribution >= 4 is 15.9 Å². The van der Waals surface area contributed by atoms with Crippen LogP contribution in [0.5, 0.6) is 0 Å². The number of aromatic nitrogens is 2. The zero-order valence-corrected chi connectivity index (χ0v) is 14.7. The van der Waals surface area contributed by atoms with E-state index in [1.807, 2.05) is 0 Å². The molecule has 20 heavy (non-hydrogen) atoms. The molecular weight excluding hydrogens is 314 g/mol. The van der Waals surface area contributed by atoms with Crippen LogP contribution in [0.15, 0.2) is 4.47 Å². The smallest absolute Gasteiger partial charge is 0.0767 e. The van der Waals surface area contributed by atoms with Gasteiger partial charge in [-0.1, -0.05) is 20.3 Å². The SMILES string of the molecule is CCc1nn(CC)c(CN2CCCC(CC)CC2)c1Br. The quantitative estimate of drug-likeness (QED) is 0.798. The third-order valence-electron chi connectivity index (χ3n) is 4.59. The molecule has 0 bridgehead atoms. The van der Waals surface area contributed by atoms with Crippen molar-refractivity contribution < 1.29 is 0 Å². The van der Waals surface area contributed by atoms with Crippen LogP contribution in [0, 0.1) is 5.92 Å². The van der Waals surface area contributed by atoms with E-state index >= 15 is 0 Å². The Morgan fingerprint density at radius 3 is 2.65 bits per heavy atom. The lowest BCUT2D eigenvalue weighted by atomic mass is 9.98. The van der Waals surface area contributed by atoms with Gasteiger partial charge in [0.15, 0.2) is 0 Å². The average Bonchev–Trinajstić information content (AvgIpc) is 2.65. The van der Waals surface area contributed by atoms with E-state index in [0.717, 1.165) is 25.4 Å². The van der Waals surface area contributed by atoms with Crippen LogP contribution in [0.3, 0.4) is 0 Å². The van der Waals surface area contributed by atoms with Crippen LogP contribution in [0.4, 0.5) is 0 Å². The predicted molar refractivity (Wildman–Crippen MR) is 87.9 cm³/mol. The highest BCUT2D eigenvalue weighted by atomic mass is 79.9. The normalized spacial score (nSPS) is 21.1. The average molecular weight is 342 g/mol. The summed E-state index contributed by atoms with van der Waals surface area (Å²) < 4.78 is 3.41. The second kappa shape index (κ2) is 7.60. The second-order valence-corrected chi connectivity index (χ2v) is 6.65. The van der Waals surface area contributed by atoms with Crippen molar-refractivity contribution in [3.05, 3.63) is 15.9 Å². The first kappa shape index (κ1) is 16.0. The Labute approximate surface area is 131 Å². The lowest BCUT2D eigenvalue weighted by Crippen LogP contribution is -2.26. The van der Waals surface area contributed by atoms with E-state index in [0.29, 0.717) is 0 Å². The summed E-state index contributed by atoms with van der Waals surface area (Å²) in [5.74, 6) is 0.936. The summed E-state index contributed by atoms with van der Waals surface area (Å²) in [5.41, 5.74) is 2.56. The molecule has 0 N–H and O–H groups in total. The number of halogens is 1. The summed E-state index contributed by atoms with van der Waals surface area (Å²) in [5, 5.41) is 4.71. The molecule has 0 radical (unpaired) electrons. The van der Waals surface area contributed by atoms with Crippen molar-refractivity contribution in [1.29, 1.82) is 0 Å². The van der Waals surface area contributed by atoms with Gasteiger partial charge in [0.2, 0.25) is 0 Å². The molecule has 1 aliphatic rings. The molecule has 114 valence electrons. The Kier molecular flexibility index (Phi) is 6.09. The molecule has 0 amide bonds. The topological polar surface area (TPSA) is 21.1 Å². The fraction of sp³-hybridized carbons (Fsp3) is 0.812. The van der Waals surface area contributed by atoms with Crippen LogP contribution in [0.1, 0.15) is 57.8 Å². The fourth-order valence-corrected chi connectivity index (χ4v) is 3.86. The van der Waals surface area contributed by atoms with E-state index < -0.39 is 0 Å². The van der Waals surface area contributed by atoms with Gasteiger partial charge in [-0.25, -0.2) is 0 Å². The minimum absolute atomic E-state index is 0.936.